The Hall–Kier alpha value is -2.44. The van der Waals surface area contributed by atoms with E-state index in [0.29, 0.717) is 30.3 Å². The number of benzene rings is 3. The molecule has 3 aliphatic rings. The van der Waals surface area contributed by atoms with Gasteiger partial charge in [0.25, 0.3) is 8.32 Å². The molecule has 0 bridgehead atoms. The molecule has 1 N–H and O–H groups in total. The number of hydrogen-bond donors (Lipinski definition) is 1. The predicted molar refractivity (Wildman–Crippen MR) is 172 cm³/mol. The average molecular weight is 585 g/mol. The van der Waals surface area contributed by atoms with Gasteiger partial charge in [0.1, 0.15) is 5.75 Å². The van der Waals surface area contributed by atoms with Crippen LogP contribution in [0.5, 0.6) is 5.75 Å². The van der Waals surface area contributed by atoms with Gasteiger partial charge in [0.2, 0.25) is 0 Å². The van der Waals surface area contributed by atoms with Gasteiger partial charge >= 0.3 is 0 Å². The summed E-state index contributed by atoms with van der Waals surface area (Å²) in [5, 5.41) is 1.94. The van der Waals surface area contributed by atoms with E-state index in [2.05, 4.69) is 92.7 Å². The van der Waals surface area contributed by atoms with Crippen LogP contribution in [0.25, 0.3) is 0 Å². The highest BCUT2D eigenvalue weighted by atomic mass is 28.4. The minimum atomic E-state index is -3.09. The minimum absolute atomic E-state index is 0.156. The number of ether oxygens (including phenoxy) is 3. The van der Waals surface area contributed by atoms with Gasteiger partial charge in [-0.3, -0.25) is 0 Å². The first kappa shape index (κ1) is 29.6. The van der Waals surface area contributed by atoms with Gasteiger partial charge in [0, 0.05) is 0 Å². The topological polar surface area (TPSA) is 47.9 Å². The van der Waals surface area contributed by atoms with Crippen molar-refractivity contribution >= 4 is 18.7 Å². The van der Waals surface area contributed by atoms with Crippen LogP contribution in [0.2, 0.25) is 5.04 Å². The van der Waals surface area contributed by atoms with E-state index in [1.807, 2.05) is 13.8 Å². The monoisotopic (exact) mass is 584 g/mol. The third-order valence-electron chi connectivity index (χ3n) is 10.8. The summed E-state index contributed by atoms with van der Waals surface area (Å²) in [6.07, 6.45) is 6.75. The SMILES string of the molecule is COc1cccc2c1C[C@H]1C[C@@H](CC(C)(C)[Si](O)(c3ccccc3)c3ccccc3)[C@H](CC[C@@H]3COC(C)(C)O3)[C@H]1C2. The van der Waals surface area contributed by atoms with Crippen molar-refractivity contribution in [3.63, 3.8) is 0 Å². The van der Waals surface area contributed by atoms with E-state index >= 15 is 0 Å². The van der Waals surface area contributed by atoms with Crippen molar-refractivity contribution in [3.8, 4) is 5.75 Å². The first-order valence-corrected chi connectivity index (χ1v) is 17.9. The van der Waals surface area contributed by atoms with Crippen molar-refractivity contribution in [2.45, 2.75) is 83.1 Å². The molecule has 4 nitrogen and oxygen atoms in total. The van der Waals surface area contributed by atoms with E-state index < -0.39 is 14.1 Å². The number of rotatable bonds is 9. The lowest BCUT2D eigenvalue weighted by molar-refractivity contribution is -0.139. The molecule has 5 heteroatoms. The van der Waals surface area contributed by atoms with Crippen LogP contribution in [0, 0.1) is 23.7 Å². The van der Waals surface area contributed by atoms with Crippen molar-refractivity contribution in [2.75, 3.05) is 13.7 Å². The van der Waals surface area contributed by atoms with Gasteiger partial charge in [0.05, 0.1) is 19.8 Å². The van der Waals surface area contributed by atoms with Crippen molar-refractivity contribution in [1.29, 1.82) is 0 Å². The Bertz CT molecular complexity index is 1320. The Morgan fingerprint density at radius 1 is 0.905 bits per heavy atom. The zero-order chi connectivity index (χ0) is 29.5. The molecule has 1 saturated carbocycles. The molecular weight excluding hydrogens is 536 g/mol. The average Bonchev–Trinajstić information content (AvgIpc) is 3.51. The molecule has 0 spiro atoms. The van der Waals surface area contributed by atoms with Crippen LogP contribution in [0.3, 0.4) is 0 Å². The van der Waals surface area contributed by atoms with Crippen molar-refractivity contribution in [3.05, 3.63) is 90.0 Å². The Morgan fingerprint density at radius 3 is 2.17 bits per heavy atom. The van der Waals surface area contributed by atoms with E-state index in [9.17, 15) is 4.80 Å². The summed E-state index contributed by atoms with van der Waals surface area (Å²) in [4.78, 5) is 12.9. The van der Waals surface area contributed by atoms with Crippen molar-refractivity contribution in [2.24, 2.45) is 23.7 Å². The van der Waals surface area contributed by atoms with Crippen molar-refractivity contribution < 1.29 is 19.0 Å². The molecule has 224 valence electrons. The predicted octanol–water partition coefficient (Wildman–Crippen LogP) is 6.52. The molecular formula is C37H48O4Si. The van der Waals surface area contributed by atoms with Crippen molar-refractivity contribution in [1.82, 2.24) is 0 Å². The Kier molecular flexibility index (Phi) is 8.16. The second-order valence-corrected chi connectivity index (χ2v) is 18.1. The summed E-state index contributed by atoms with van der Waals surface area (Å²) in [7, 11) is -1.29. The summed E-state index contributed by atoms with van der Waals surface area (Å²) in [6, 6.07) is 27.6. The first-order valence-electron chi connectivity index (χ1n) is 15.9. The third kappa shape index (κ3) is 5.50. The Morgan fingerprint density at radius 2 is 1.57 bits per heavy atom. The van der Waals surface area contributed by atoms with Crippen LogP contribution < -0.4 is 15.1 Å². The van der Waals surface area contributed by atoms with Crippen LogP contribution in [0.1, 0.15) is 64.5 Å². The molecule has 3 aromatic rings. The number of hydrogen-bond acceptors (Lipinski definition) is 4. The zero-order valence-electron chi connectivity index (χ0n) is 26.0. The lowest BCUT2D eigenvalue weighted by Crippen LogP contribution is -2.65. The molecule has 0 radical (unpaired) electrons. The van der Waals surface area contributed by atoms with E-state index in [0.717, 1.165) is 48.2 Å². The molecule has 3 aromatic carbocycles. The molecule has 1 heterocycles. The molecule has 6 rings (SSSR count). The smallest absolute Gasteiger partial charge is 0.258 e. The summed E-state index contributed by atoms with van der Waals surface area (Å²) in [5.41, 5.74) is 2.87. The fraction of sp³-hybridized carbons (Fsp3) is 0.514. The van der Waals surface area contributed by atoms with Gasteiger partial charge in [-0.05, 0) is 109 Å². The summed E-state index contributed by atoms with van der Waals surface area (Å²) >= 11 is 0. The fourth-order valence-electron chi connectivity index (χ4n) is 8.81. The van der Waals surface area contributed by atoms with E-state index in [-0.39, 0.29) is 11.1 Å². The molecule has 2 aliphatic carbocycles. The lowest BCUT2D eigenvalue weighted by atomic mass is 9.72. The second kappa shape index (κ2) is 11.6. The minimum Gasteiger partial charge on any atom is -0.496 e. The number of fused-ring (bicyclic) bond motifs is 2. The maximum Gasteiger partial charge on any atom is 0.258 e. The molecule has 0 aromatic heterocycles. The van der Waals surface area contributed by atoms with E-state index in [4.69, 9.17) is 14.2 Å². The molecule has 5 atom stereocenters. The van der Waals surface area contributed by atoms with E-state index in [1.165, 1.54) is 17.5 Å². The van der Waals surface area contributed by atoms with Crippen LogP contribution in [-0.4, -0.2) is 38.7 Å². The second-order valence-electron chi connectivity index (χ2n) is 14.1. The number of methoxy groups -OCH3 is 1. The third-order valence-corrected chi connectivity index (χ3v) is 15.3. The van der Waals surface area contributed by atoms with E-state index in [1.54, 1.807) is 7.11 Å². The van der Waals surface area contributed by atoms with Gasteiger partial charge in [-0.15, -0.1) is 0 Å². The quantitative estimate of drug-likeness (QED) is 0.291. The fourth-order valence-corrected chi connectivity index (χ4v) is 12.6. The van der Waals surface area contributed by atoms with Gasteiger partial charge < -0.3 is 19.0 Å². The lowest BCUT2D eigenvalue weighted by Gasteiger charge is -2.44. The zero-order valence-corrected chi connectivity index (χ0v) is 27.0. The Balaban J connectivity index is 1.32. The molecule has 0 amide bonds. The molecule has 2 fully saturated rings. The summed E-state index contributed by atoms with van der Waals surface area (Å²) < 4.78 is 18.0. The summed E-state index contributed by atoms with van der Waals surface area (Å²) in [6.45, 7) is 9.40. The highest BCUT2D eigenvalue weighted by Gasteiger charge is 2.54. The van der Waals surface area contributed by atoms with Gasteiger partial charge in [-0.2, -0.15) is 0 Å². The summed E-state index contributed by atoms with van der Waals surface area (Å²) in [5.74, 6) is 2.96. The highest BCUT2D eigenvalue weighted by molar-refractivity contribution is 6.98. The first-order chi connectivity index (χ1) is 20.1. The van der Waals surface area contributed by atoms with Crippen LogP contribution >= 0.6 is 0 Å². The molecule has 1 aliphatic heterocycles. The highest BCUT2D eigenvalue weighted by Crippen LogP contribution is 2.56. The molecule has 0 unspecified atom stereocenters. The largest absolute Gasteiger partial charge is 0.496 e. The molecule has 1 saturated heterocycles. The van der Waals surface area contributed by atoms with Gasteiger partial charge in [-0.1, -0.05) is 86.6 Å². The molecule has 42 heavy (non-hydrogen) atoms. The van der Waals surface area contributed by atoms with Crippen LogP contribution in [0.15, 0.2) is 78.9 Å². The Labute approximate surface area is 253 Å². The van der Waals surface area contributed by atoms with Gasteiger partial charge in [-0.25, -0.2) is 0 Å². The normalized spacial score (nSPS) is 27.0. The standard InChI is InChI=1S/C37H48O4Si/c1-36(2,42(38,30-14-8-6-9-15-30)31-16-10-7-11-17-31)24-28-21-27-23-34-26(13-12-18-35(34)39-5)22-33(27)32(28)20-19-29-25-40-37(3,4)41-29/h6-18,27-29,32-33,38H,19-25H2,1-5H3/t27-,28+,29-,32+,33+/m1/s1. The van der Waals surface area contributed by atoms with Gasteiger partial charge in [0.15, 0.2) is 5.79 Å². The maximum atomic E-state index is 12.9. The maximum absolute atomic E-state index is 12.9. The van der Waals surface area contributed by atoms with Crippen LogP contribution in [-0.2, 0) is 22.3 Å². The van der Waals surface area contributed by atoms with Crippen LogP contribution in [0.4, 0.5) is 0 Å².